The lowest BCUT2D eigenvalue weighted by Crippen LogP contribution is -2.50. The molecule has 1 aliphatic heterocycles. The average Bonchev–Trinajstić information content (AvgIpc) is 2.51. The lowest BCUT2D eigenvalue weighted by molar-refractivity contribution is -0.170. The van der Waals surface area contributed by atoms with E-state index in [1.165, 1.54) is 0 Å². The van der Waals surface area contributed by atoms with Crippen molar-refractivity contribution in [1.29, 1.82) is 0 Å². The number of ether oxygens (including phenoxy) is 1. The summed E-state index contributed by atoms with van der Waals surface area (Å²) in [6.45, 7) is 1.91. The van der Waals surface area contributed by atoms with Gasteiger partial charge in [0.25, 0.3) is 5.91 Å². The summed E-state index contributed by atoms with van der Waals surface area (Å²) in [5.41, 5.74) is 0. The summed E-state index contributed by atoms with van der Waals surface area (Å²) in [6.07, 6.45) is -4.07. The molecule has 1 fully saturated rings. The standard InChI is InChI=1S/C8H11F4NO2/c1-4-5(2-3-15-4)13-7(14)8(11,12)6(9)10/h4-6H,2-3H2,1H3,(H,13,14). The normalized spacial score (nSPS) is 27.1. The van der Waals surface area contributed by atoms with Crippen LogP contribution in [0.25, 0.3) is 0 Å². The zero-order valence-corrected chi connectivity index (χ0v) is 7.97. The van der Waals surface area contributed by atoms with E-state index < -0.39 is 30.4 Å². The van der Waals surface area contributed by atoms with Gasteiger partial charge in [0.1, 0.15) is 0 Å². The molecule has 3 nitrogen and oxygen atoms in total. The highest BCUT2D eigenvalue weighted by molar-refractivity contribution is 5.84. The molecule has 1 amide bonds. The molecule has 0 aliphatic carbocycles. The minimum absolute atomic E-state index is 0.326. The highest BCUT2D eigenvalue weighted by atomic mass is 19.3. The summed E-state index contributed by atoms with van der Waals surface area (Å²) >= 11 is 0. The topological polar surface area (TPSA) is 38.3 Å². The summed E-state index contributed by atoms with van der Waals surface area (Å²) in [5.74, 6) is -6.58. The van der Waals surface area contributed by atoms with Crippen LogP contribution in [0.3, 0.4) is 0 Å². The quantitative estimate of drug-likeness (QED) is 0.738. The first-order valence-electron chi connectivity index (χ1n) is 4.44. The maximum absolute atomic E-state index is 12.5. The summed E-state index contributed by atoms with van der Waals surface area (Å²) in [4.78, 5) is 10.8. The van der Waals surface area contributed by atoms with E-state index in [4.69, 9.17) is 4.74 Å². The highest BCUT2D eigenvalue weighted by Gasteiger charge is 2.49. The molecule has 0 aromatic heterocycles. The Morgan fingerprint density at radius 3 is 2.53 bits per heavy atom. The van der Waals surface area contributed by atoms with Gasteiger partial charge in [-0.15, -0.1) is 0 Å². The highest BCUT2D eigenvalue weighted by Crippen LogP contribution is 2.24. The molecule has 0 aromatic carbocycles. The molecular weight excluding hydrogens is 218 g/mol. The molecule has 7 heteroatoms. The third kappa shape index (κ3) is 2.58. The molecule has 0 aromatic rings. The van der Waals surface area contributed by atoms with E-state index in [1.54, 1.807) is 6.92 Å². The van der Waals surface area contributed by atoms with E-state index in [1.807, 2.05) is 5.32 Å². The van der Waals surface area contributed by atoms with Crippen LogP contribution in [0.1, 0.15) is 13.3 Å². The van der Waals surface area contributed by atoms with Crippen molar-refractivity contribution in [2.24, 2.45) is 0 Å². The third-order valence-corrected chi connectivity index (χ3v) is 2.27. The van der Waals surface area contributed by atoms with Crippen molar-refractivity contribution in [2.45, 2.75) is 37.8 Å². The van der Waals surface area contributed by atoms with Crippen molar-refractivity contribution >= 4 is 5.91 Å². The van der Waals surface area contributed by atoms with Gasteiger partial charge >= 0.3 is 12.3 Å². The van der Waals surface area contributed by atoms with Crippen LogP contribution in [0.2, 0.25) is 0 Å². The first kappa shape index (κ1) is 12.2. The lowest BCUT2D eigenvalue weighted by Gasteiger charge is -2.20. The molecule has 2 unspecified atom stereocenters. The minimum atomic E-state index is -4.64. The SMILES string of the molecule is CC1OCCC1NC(=O)C(F)(F)C(F)F. The van der Waals surface area contributed by atoms with E-state index in [9.17, 15) is 22.4 Å². The Morgan fingerprint density at radius 1 is 1.53 bits per heavy atom. The fourth-order valence-electron chi connectivity index (χ4n) is 1.28. The Kier molecular flexibility index (Phi) is 3.54. The molecule has 1 heterocycles. The smallest absolute Gasteiger partial charge is 0.376 e. The molecule has 0 saturated carbocycles. The van der Waals surface area contributed by atoms with Gasteiger partial charge in [0, 0.05) is 6.61 Å². The first-order chi connectivity index (χ1) is 6.85. The molecule has 0 spiro atoms. The number of alkyl halides is 4. The van der Waals surface area contributed by atoms with Crippen LogP contribution in [0.15, 0.2) is 0 Å². The van der Waals surface area contributed by atoms with E-state index >= 15 is 0 Å². The molecule has 1 N–H and O–H groups in total. The number of hydrogen-bond donors (Lipinski definition) is 1. The molecule has 1 aliphatic rings. The predicted octanol–water partition coefficient (Wildman–Crippen LogP) is 1.18. The average molecular weight is 229 g/mol. The van der Waals surface area contributed by atoms with Gasteiger partial charge in [-0.1, -0.05) is 0 Å². The number of nitrogens with one attached hydrogen (secondary N) is 1. The Hall–Kier alpha value is -0.850. The van der Waals surface area contributed by atoms with E-state index in [2.05, 4.69) is 0 Å². The van der Waals surface area contributed by atoms with Crippen molar-refractivity contribution in [3.05, 3.63) is 0 Å². The lowest BCUT2D eigenvalue weighted by atomic mass is 10.1. The maximum atomic E-state index is 12.5. The Bertz CT molecular complexity index is 247. The van der Waals surface area contributed by atoms with Gasteiger partial charge in [-0.05, 0) is 13.3 Å². The number of carbonyl (C=O) groups excluding carboxylic acids is 1. The van der Waals surface area contributed by atoms with Crippen molar-refractivity contribution in [3.63, 3.8) is 0 Å². The predicted molar refractivity (Wildman–Crippen MR) is 42.9 cm³/mol. The van der Waals surface area contributed by atoms with Gasteiger partial charge in [-0.3, -0.25) is 4.79 Å². The van der Waals surface area contributed by atoms with Crippen LogP contribution in [-0.4, -0.2) is 37.0 Å². The van der Waals surface area contributed by atoms with Crippen LogP contribution in [0.5, 0.6) is 0 Å². The van der Waals surface area contributed by atoms with Crippen molar-refractivity contribution in [1.82, 2.24) is 5.32 Å². The Morgan fingerprint density at radius 2 is 2.13 bits per heavy atom. The zero-order valence-electron chi connectivity index (χ0n) is 7.97. The van der Waals surface area contributed by atoms with Crippen LogP contribution in [0.4, 0.5) is 17.6 Å². The summed E-state index contributed by atoms with van der Waals surface area (Å²) in [5, 5.41) is 1.86. The number of rotatable bonds is 3. The second-order valence-electron chi connectivity index (χ2n) is 3.37. The number of carbonyl (C=O) groups is 1. The Labute approximate surface area is 83.8 Å². The summed E-state index contributed by atoms with van der Waals surface area (Å²) in [6, 6.07) is -0.623. The molecule has 88 valence electrons. The number of amides is 1. The van der Waals surface area contributed by atoms with Crippen molar-refractivity contribution in [2.75, 3.05) is 6.61 Å². The zero-order chi connectivity index (χ0) is 11.6. The number of halogens is 4. The molecular formula is C8H11F4NO2. The van der Waals surface area contributed by atoms with Gasteiger partial charge in [-0.2, -0.15) is 8.78 Å². The third-order valence-electron chi connectivity index (χ3n) is 2.27. The van der Waals surface area contributed by atoms with Crippen molar-refractivity contribution < 1.29 is 27.1 Å². The van der Waals surface area contributed by atoms with Gasteiger partial charge in [0.05, 0.1) is 12.1 Å². The fraction of sp³-hybridized carbons (Fsp3) is 0.875. The van der Waals surface area contributed by atoms with Crippen LogP contribution in [0, 0.1) is 0 Å². The summed E-state index contributed by atoms with van der Waals surface area (Å²) in [7, 11) is 0. The van der Waals surface area contributed by atoms with Gasteiger partial charge in [0.2, 0.25) is 0 Å². The van der Waals surface area contributed by atoms with E-state index in [-0.39, 0.29) is 0 Å². The summed E-state index contributed by atoms with van der Waals surface area (Å²) < 4.78 is 53.6. The van der Waals surface area contributed by atoms with E-state index in [0.29, 0.717) is 13.0 Å². The molecule has 0 bridgehead atoms. The van der Waals surface area contributed by atoms with Crippen LogP contribution >= 0.6 is 0 Å². The van der Waals surface area contributed by atoms with E-state index in [0.717, 1.165) is 0 Å². The van der Waals surface area contributed by atoms with Crippen LogP contribution < -0.4 is 5.32 Å². The second kappa shape index (κ2) is 4.34. The van der Waals surface area contributed by atoms with Gasteiger partial charge in [-0.25, -0.2) is 8.78 Å². The molecule has 15 heavy (non-hydrogen) atoms. The largest absolute Gasteiger partial charge is 0.383 e. The fourth-order valence-corrected chi connectivity index (χ4v) is 1.28. The number of hydrogen-bond acceptors (Lipinski definition) is 2. The first-order valence-corrected chi connectivity index (χ1v) is 4.44. The molecule has 0 radical (unpaired) electrons. The minimum Gasteiger partial charge on any atom is -0.376 e. The molecule has 1 rings (SSSR count). The maximum Gasteiger partial charge on any atom is 0.383 e. The molecule has 1 saturated heterocycles. The monoisotopic (exact) mass is 229 g/mol. The van der Waals surface area contributed by atoms with Crippen LogP contribution in [-0.2, 0) is 9.53 Å². The van der Waals surface area contributed by atoms with Gasteiger partial charge < -0.3 is 10.1 Å². The van der Waals surface area contributed by atoms with Crippen molar-refractivity contribution in [3.8, 4) is 0 Å². The second-order valence-corrected chi connectivity index (χ2v) is 3.37. The van der Waals surface area contributed by atoms with Gasteiger partial charge in [0.15, 0.2) is 0 Å². The Balaban J connectivity index is 2.55. The molecule has 2 atom stereocenters.